The van der Waals surface area contributed by atoms with Gasteiger partial charge in [-0.25, -0.2) is 9.97 Å². The number of aryl methyl sites for hydroxylation is 1. The first-order valence-corrected chi connectivity index (χ1v) is 6.86. The third kappa shape index (κ3) is 2.27. The summed E-state index contributed by atoms with van der Waals surface area (Å²) in [6.07, 6.45) is 3.45. The highest BCUT2D eigenvalue weighted by Gasteiger charge is 2.29. The first-order chi connectivity index (χ1) is 9.66. The lowest BCUT2D eigenvalue weighted by Crippen LogP contribution is -2.36. The molecule has 0 aliphatic carbocycles. The summed E-state index contributed by atoms with van der Waals surface area (Å²) in [5.74, 6) is 0.383. The van der Waals surface area contributed by atoms with Crippen LogP contribution in [0.3, 0.4) is 0 Å². The van der Waals surface area contributed by atoms with Crippen molar-refractivity contribution in [3.63, 3.8) is 0 Å². The van der Waals surface area contributed by atoms with Crippen LogP contribution in [0, 0.1) is 5.92 Å². The number of hydrogen-bond acceptors (Lipinski definition) is 4. The fourth-order valence-electron chi connectivity index (χ4n) is 2.61. The fourth-order valence-corrected chi connectivity index (χ4v) is 2.61. The molecule has 0 radical (unpaired) electrons. The minimum Gasteiger partial charge on any atom is -0.378 e. The van der Waals surface area contributed by atoms with Gasteiger partial charge < -0.3 is 4.74 Å². The second-order valence-corrected chi connectivity index (χ2v) is 5.15. The Kier molecular flexibility index (Phi) is 3.40. The Morgan fingerprint density at radius 1 is 1.55 bits per heavy atom. The van der Waals surface area contributed by atoms with Gasteiger partial charge in [-0.1, -0.05) is 0 Å². The Hall–Kier alpha value is -1.95. The molecule has 1 saturated heterocycles. The van der Waals surface area contributed by atoms with Crippen molar-refractivity contribution >= 4 is 23.0 Å². The molecule has 1 N–H and O–H groups in total. The number of amides is 1. The lowest BCUT2D eigenvalue weighted by molar-refractivity contribution is -0.127. The van der Waals surface area contributed by atoms with Gasteiger partial charge in [-0.3, -0.25) is 14.7 Å². The normalized spacial score (nSPS) is 22.9. The molecule has 106 valence electrons. The summed E-state index contributed by atoms with van der Waals surface area (Å²) in [6, 6.07) is 3.71. The summed E-state index contributed by atoms with van der Waals surface area (Å²) >= 11 is 0. The molecule has 2 aromatic rings. The predicted octanol–water partition coefficient (Wildman–Crippen LogP) is 1.72. The van der Waals surface area contributed by atoms with Gasteiger partial charge in [0, 0.05) is 19.9 Å². The van der Waals surface area contributed by atoms with Gasteiger partial charge in [0.1, 0.15) is 5.52 Å². The second-order valence-electron chi connectivity index (χ2n) is 5.15. The molecular formula is C14H18N4O2. The van der Waals surface area contributed by atoms with E-state index < -0.39 is 0 Å². The van der Waals surface area contributed by atoms with E-state index in [4.69, 9.17) is 4.74 Å². The first kappa shape index (κ1) is 13.1. The van der Waals surface area contributed by atoms with E-state index in [9.17, 15) is 4.79 Å². The van der Waals surface area contributed by atoms with Crippen LogP contribution in [0.25, 0.3) is 11.2 Å². The third-order valence-corrected chi connectivity index (χ3v) is 3.81. The SMILES string of the molecule is CC1OCCCC1C(=O)Nc1nc2cccnc2n1C. The number of carbonyl (C=O) groups is 1. The monoisotopic (exact) mass is 274 g/mol. The zero-order chi connectivity index (χ0) is 14.1. The number of hydrogen-bond donors (Lipinski definition) is 1. The topological polar surface area (TPSA) is 69.0 Å². The van der Waals surface area contributed by atoms with Crippen molar-refractivity contribution in [3.8, 4) is 0 Å². The van der Waals surface area contributed by atoms with E-state index in [2.05, 4.69) is 15.3 Å². The van der Waals surface area contributed by atoms with E-state index >= 15 is 0 Å². The average Bonchev–Trinajstić information content (AvgIpc) is 2.76. The number of rotatable bonds is 2. The number of nitrogens with zero attached hydrogens (tertiary/aromatic N) is 3. The van der Waals surface area contributed by atoms with E-state index in [1.54, 1.807) is 10.8 Å². The van der Waals surface area contributed by atoms with Gasteiger partial charge in [-0.05, 0) is 31.9 Å². The van der Waals surface area contributed by atoms with E-state index in [1.807, 2.05) is 26.1 Å². The summed E-state index contributed by atoms with van der Waals surface area (Å²) in [5.41, 5.74) is 1.54. The quantitative estimate of drug-likeness (QED) is 0.905. The predicted molar refractivity (Wildman–Crippen MR) is 75.3 cm³/mol. The van der Waals surface area contributed by atoms with Gasteiger partial charge >= 0.3 is 0 Å². The van der Waals surface area contributed by atoms with Crippen LogP contribution >= 0.6 is 0 Å². The van der Waals surface area contributed by atoms with Crippen molar-refractivity contribution < 1.29 is 9.53 Å². The molecule has 0 spiro atoms. The number of carbonyl (C=O) groups excluding carboxylic acids is 1. The van der Waals surface area contributed by atoms with Crippen molar-refractivity contribution in [1.82, 2.24) is 14.5 Å². The Labute approximate surface area is 117 Å². The molecule has 0 aromatic carbocycles. The Bertz CT molecular complexity index is 637. The smallest absolute Gasteiger partial charge is 0.232 e. The number of anilines is 1. The van der Waals surface area contributed by atoms with E-state index in [1.165, 1.54) is 0 Å². The van der Waals surface area contributed by atoms with Gasteiger partial charge in [0.15, 0.2) is 5.65 Å². The Morgan fingerprint density at radius 2 is 2.40 bits per heavy atom. The van der Waals surface area contributed by atoms with Crippen LogP contribution in [0.1, 0.15) is 19.8 Å². The van der Waals surface area contributed by atoms with Gasteiger partial charge in [-0.2, -0.15) is 0 Å². The van der Waals surface area contributed by atoms with Gasteiger partial charge in [0.2, 0.25) is 11.9 Å². The Morgan fingerprint density at radius 3 is 3.15 bits per heavy atom. The number of imidazole rings is 1. The third-order valence-electron chi connectivity index (χ3n) is 3.81. The standard InChI is InChI=1S/C14H18N4O2/c1-9-10(5-4-8-20-9)13(19)17-14-16-11-6-3-7-15-12(11)18(14)2/h3,6-7,9-10H,4-5,8H2,1-2H3,(H,16,17,19). The largest absolute Gasteiger partial charge is 0.378 e. The summed E-state index contributed by atoms with van der Waals surface area (Å²) in [6.45, 7) is 2.68. The maximum atomic E-state index is 12.3. The van der Waals surface area contributed by atoms with Crippen molar-refractivity contribution in [1.29, 1.82) is 0 Å². The second kappa shape index (κ2) is 5.20. The molecule has 2 aromatic heterocycles. The molecular weight excluding hydrogens is 256 g/mol. The minimum atomic E-state index is -0.114. The number of nitrogens with one attached hydrogen (secondary N) is 1. The molecule has 6 heteroatoms. The molecule has 1 fully saturated rings. The maximum absolute atomic E-state index is 12.3. The molecule has 3 rings (SSSR count). The van der Waals surface area contributed by atoms with Crippen LogP contribution in [0.5, 0.6) is 0 Å². The minimum absolute atomic E-state index is 0.0318. The molecule has 3 heterocycles. The molecule has 0 saturated carbocycles. The molecule has 2 unspecified atom stereocenters. The van der Waals surface area contributed by atoms with Crippen LogP contribution in [-0.4, -0.2) is 33.2 Å². The van der Waals surface area contributed by atoms with Crippen LogP contribution in [0.2, 0.25) is 0 Å². The van der Waals surface area contributed by atoms with Crippen molar-refractivity contribution in [2.75, 3.05) is 11.9 Å². The summed E-state index contributed by atoms with van der Waals surface area (Å²) in [7, 11) is 1.85. The van der Waals surface area contributed by atoms with Gasteiger partial charge in [0.05, 0.1) is 12.0 Å². The maximum Gasteiger partial charge on any atom is 0.232 e. The average molecular weight is 274 g/mol. The van der Waals surface area contributed by atoms with E-state index in [0.717, 1.165) is 30.6 Å². The zero-order valence-electron chi connectivity index (χ0n) is 11.7. The summed E-state index contributed by atoms with van der Waals surface area (Å²) < 4.78 is 7.33. The van der Waals surface area contributed by atoms with Crippen LogP contribution < -0.4 is 5.32 Å². The van der Waals surface area contributed by atoms with E-state index in [-0.39, 0.29) is 17.9 Å². The number of aromatic nitrogens is 3. The van der Waals surface area contributed by atoms with Crippen molar-refractivity contribution in [2.45, 2.75) is 25.9 Å². The molecule has 0 bridgehead atoms. The number of pyridine rings is 1. The van der Waals surface area contributed by atoms with E-state index in [0.29, 0.717) is 5.95 Å². The Balaban J connectivity index is 1.82. The lowest BCUT2D eigenvalue weighted by Gasteiger charge is -2.27. The number of fused-ring (bicyclic) bond motifs is 1. The molecule has 2 atom stereocenters. The molecule has 20 heavy (non-hydrogen) atoms. The molecule has 1 aliphatic heterocycles. The molecule has 1 amide bonds. The van der Waals surface area contributed by atoms with Gasteiger partial charge in [-0.15, -0.1) is 0 Å². The van der Waals surface area contributed by atoms with Crippen LogP contribution in [0.4, 0.5) is 5.95 Å². The van der Waals surface area contributed by atoms with Crippen molar-refractivity contribution in [2.24, 2.45) is 13.0 Å². The highest BCUT2D eigenvalue weighted by molar-refractivity contribution is 5.93. The molecule has 6 nitrogen and oxygen atoms in total. The highest BCUT2D eigenvalue weighted by atomic mass is 16.5. The lowest BCUT2D eigenvalue weighted by atomic mass is 9.94. The van der Waals surface area contributed by atoms with Crippen LogP contribution in [0.15, 0.2) is 18.3 Å². The summed E-state index contributed by atoms with van der Waals surface area (Å²) in [4.78, 5) is 21.0. The number of ether oxygens (including phenoxy) is 1. The highest BCUT2D eigenvalue weighted by Crippen LogP contribution is 2.23. The fraction of sp³-hybridized carbons (Fsp3) is 0.500. The molecule has 1 aliphatic rings. The zero-order valence-corrected chi connectivity index (χ0v) is 11.7. The van der Waals surface area contributed by atoms with Crippen molar-refractivity contribution in [3.05, 3.63) is 18.3 Å². The first-order valence-electron chi connectivity index (χ1n) is 6.86. The van der Waals surface area contributed by atoms with Gasteiger partial charge in [0.25, 0.3) is 0 Å². The summed E-state index contributed by atoms with van der Waals surface area (Å²) in [5, 5.41) is 2.89. The van der Waals surface area contributed by atoms with Crippen LogP contribution in [-0.2, 0) is 16.6 Å².